The molecule has 140 valence electrons. The first-order valence-corrected chi connectivity index (χ1v) is 12.6. The van der Waals surface area contributed by atoms with Crippen molar-refractivity contribution in [2.45, 2.75) is 91.9 Å². The van der Waals surface area contributed by atoms with Crippen molar-refractivity contribution in [1.82, 2.24) is 10.2 Å². The van der Waals surface area contributed by atoms with Crippen LogP contribution in [0, 0.1) is 5.41 Å². The first-order valence-electron chi connectivity index (χ1n) is 8.88. The van der Waals surface area contributed by atoms with Crippen LogP contribution < -0.4 is 10.2 Å². The summed E-state index contributed by atoms with van der Waals surface area (Å²) >= 11 is 0. The summed E-state index contributed by atoms with van der Waals surface area (Å²) in [4.78, 5) is 0. The van der Waals surface area contributed by atoms with Crippen molar-refractivity contribution in [1.29, 1.82) is 0 Å². The second-order valence-electron chi connectivity index (χ2n) is 8.63. The summed E-state index contributed by atoms with van der Waals surface area (Å²) < 4.78 is 26.2. The minimum Gasteiger partial charge on any atom is -0.306 e. The summed E-state index contributed by atoms with van der Waals surface area (Å²) in [5, 5.41) is 6.71. The van der Waals surface area contributed by atoms with Crippen LogP contribution in [0.2, 0.25) is 0 Å². The number of nitrogens with one attached hydrogen (secondary N) is 2. The molecule has 0 aromatic rings. The molecule has 0 aliphatic heterocycles. The molecule has 0 rings (SSSR count). The van der Waals surface area contributed by atoms with Crippen LogP contribution in [0.3, 0.4) is 0 Å². The highest BCUT2D eigenvalue weighted by Crippen LogP contribution is 2.52. The Morgan fingerprint density at radius 1 is 0.652 bits per heavy atom. The zero-order valence-corrected chi connectivity index (χ0v) is 18.7. The molecule has 6 heteroatoms. The van der Waals surface area contributed by atoms with Crippen molar-refractivity contribution < 1.29 is 9.13 Å². The van der Waals surface area contributed by atoms with Gasteiger partial charge in [-0.1, -0.05) is 69.2 Å². The Morgan fingerprint density at radius 3 is 1.04 bits per heavy atom. The second kappa shape index (κ2) is 8.65. The van der Waals surface area contributed by atoms with E-state index in [-0.39, 0.29) is 28.1 Å². The predicted octanol–water partition coefficient (Wildman–Crippen LogP) is 5.38. The van der Waals surface area contributed by atoms with Gasteiger partial charge in [0.05, 0.1) is 0 Å². The molecule has 0 atom stereocenters. The van der Waals surface area contributed by atoms with Crippen LogP contribution in [0.5, 0.6) is 0 Å². The van der Waals surface area contributed by atoms with Crippen LogP contribution in [-0.2, 0) is 9.13 Å². The average molecular weight is 366 g/mol. The summed E-state index contributed by atoms with van der Waals surface area (Å²) in [7, 11) is -4.82. The van der Waals surface area contributed by atoms with Crippen LogP contribution in [0.1, 0.15) is 69.2 Å². The van der Waals surface area contributed by atoms with E-state index in [1.165, 1.54) is 0 Å². The maximum Gasteiger partial charge on any atom is 0.152 e. The molecule has 0 unspecified atom stereocenters. The van der Waals surface area contributed by atoms with Crippen molar-refractivity contribution >= 4 is 14.6 Å². The minimum atomic E-state index is -2.41. The summed E-state index contributed by atoms with van der Waals surface area (Å²) in [6.45, 7) is 21.7. The molecule has 0 aromatic heterocycles. The van der Waals surface area contributed by atoms with E-state index in [1.54, 1.807) is 0 Å². The van der Waals surface area contributed by atoms with Crippen LogP contribution >= 0.6 is 14.6 Å². The van der Waals surface area contributed by atoms with Gasteiger partial charge in [-0.15, -0.1) is 0 Å². The van der Waals surface area contributed by atoms with E-state index in [4.69, 9.17) is 0 Å². The van der Waals surface area contributed by atoms with Crippen molar-refractivity contribution in [3.63, 3.8) is 0 Å². The molecular formula is C17H40N2O2P2. The third-order valence-electron chi connectivity index (χ3n) is 4.68. The van der Waals surface area contributed by atoms with Gasteiger partial charge in [0.1, 0.15) is 0 Å². The Morgan fingerprint density at radius 2 is 0.870 bits per heavy atom. The maximum atomic E-state index is 13.1. The fraction of sp³-hybridized carbons (Fsp3) is 1.00. The van der Waals surface area contributed by atoms with E-state index in [9.17, 15) is 9.13 Å². The van der Waals surface area contributed by atoms with Crippen LogP contribution in [0.4, 0.5) is 0 Å². The third kappa shape index (κ3) is 6.31. The predicted molar refractivity (Wildman–Crippen MR) is 106 cm³/mol. The molecule has 0 aliphatic carbocycles. The lowest BCUT2D eigenvalue weighted by molar-refractivity contribution is 0.358. The Balaban J connectivity index is 4.91. The van der Waals surface area contributed by atoms with Crippen LogP contribution in [0.15, 0.2) is 0 Å². The van der Waals surface area contributed by atoms with E-state index < -0.39 is 14.6 Å². The van der Waals surface area contributed by atoms with Crippen LogP contribution in [0.25, 0.3) is 0 Å². The molecule has 0 saturated carbocycles. The molecule has 0 heterocycles. The summed E-state index contributed by atoms with van der Waals surface area (Å²) in [5.74, 6) is 0. The van der Waals surface area contributed by atoms with Gasteiger partial charge in [0, 0.05) is 35.7 Å². The maximum absolute atomic E-state index is 13.1. The van der Waals surface area contributed by atoms with Crippen molar-refractivity contribution in [3.8, 4) is 0 Å². The first kappa shape index (κ1) is 23.4. The first-order chi connectivity index (χ1) is 10.2. The molecule has 0 bridgehead atoms. The fourth-order valence-electron chi connectivity index (χ4n) is 2.66. The van der Waals surface area contributed by atoms with E-state index in [0.717, 1.165) is 0 Å². The van der Waals surface area contributed by atoms with E-state index in [0.29, 0.717) is 13.1 Å². The topological polar surface area (TPSA) is 58.2 Å². The molecule has 0 fully saturated rings. The molecule has 0 saturated heterocycles. The van der Waals surface area contributed by atoms with Crippen molar-refractivity contribution in [2.75, 3.05) is 13.1 Å². The average Bonchev–Trinajstić information content (AvgIpc) is 2.41. The Hall–Kier alpha value is 0.380. The quantitative estimate of drug-likeness (QED) is 0.510. The molecule has 4 nitrogen and oxygen atoms in total. The highest BCUT2D eigenvalue weighted by atomic mass is 31.2. The van der Waals surface area contributed by atoms with Crippen molar-refractivity contribution in [2.24, 2.45) is 5.41 Å². The van der Waals surface area contributed by atoms with Gasteiger partial charge < -0.3 is 9.13 Å². The highest BCUT2D eigenvalue weighted by Gasteiger charge is 2.35. The lowest BCUT2D eigenvalue weighted by Gasteiger charge is -2.35. The number of hydrogen-bond acceptors (Lipinski definition) is 2. The lowest BCUT2D eigenvalue weighted by Crippen LogP contribution is -2.39. The molecular weight excluding hydrogens is 326 g/mol. The molecule has 2 N–H and O–H groups in total. The standard InChI is InChI=1S/C17H40N2O2P2/c1-13(2)22(20,14(3)4)18-11-17(9,10)12-19-23(21,15(5)6)16(7)8/h13-16H,11-12H2,1-10H3,(H,18,20)(H,19,21). The SMILES string of the molecule is CC(C)P(=O)(NCC(C)(C)CNP(=O)(C(C)C)C(C)C)C(C)C. The zero-order valence-electron chi connectivity index (χ0n) is 16.9. The van der Waals surface area contributed by atoms with Gasteiger partial charge in [0.25, 0.3) is 0 Å². The Bertz CT molecular complexity index is 394. The fourth-order valence-corrected chi connectivity index (χ4v) is 7.86. The molecule has 0 amide bonds. The molecule has 0 radical (unpaired) electrons. The van der Waals surface area contributed by atoms with E-state index in [2.05, 4.69) is 24.0 Å². The molecule has 0 aromatic carbocycles. The normalized spacial score (nSPS) is 14.5. The van der Waals surface area contributed by atoms with Crippen LogP contribution in [-0.4, -0.2) is 35.7 Å². The number of hydrogen-bond donors (Lipinski definition) is 2. The minimum absolute atomic E-state index is 0.112. The smallest absolute Gasteiger partial charge is 0.152 e. The largest absolute Gasteiger partial charge is 0.306 e. The zero-order chi connectivity index (χ0) is 18.6. The van der Waals surface area contributed by atoms with Gasteiger partial charge >= 0.3 is 0 Å². The van der Waals surface area contributed by atoms with Gasteiger partial charge in [-0.2, -0.15) is 0 Å². The Kier molecular flexibility index (Phi) is 8.80. The summed E-state index contributed by atoms with van der Waals surface area (Å²) in [5.41, 5.74) is 0.401. The Labute approximate surface area is 144 Å². The van der Waals surface area contributed by atoms with Gasteiger partial charge in [0.15, 0.2) is 14.6 Å². The van der Waals surface area contributed by atoms with Gasteiger partial charge in [-0.05, 0) is 5.41 Å². The lowest BCUT2D eigenvalue weighted by atomic mass is 9.94. The van der Waals surface area contributed by atoms with Gasteiger partial charge in [-0.25, -0.2) is 0 Å². The molecule has 0 aliphatic rings. The molecule has 23 heavy (non-hydrogen) atoms. The number of rotatable bonds is 10. The van der Waals surface area contributed by atoms with E-state index >= 15 is 0 Å². The molecule has 0 spiro atoms. The van der Waals surface area contributed by atoms with Crippen molar-refractivity contribution in [3.05, 3.63) is 0 Å². The summed E-state index contributed by atoms with van der Waals surface area (Å²) in [6.07, 6.45) is 0. The second-order valence-corrected chi connectivity index (χ2v) is 16.2. The summed E-state index contributed by atoms with van der Waals surface area (Å²) in [6, 6.07) is 0. The monoisotopic (exact) mass is 366 g/mol. The van der Waals surface area contributed by atoms with Gasteiger partial charge in [0.2, 0.25) is 0 Å². The van der Waals surface area contributed by atoms with Gasteiger partial charge in [-0.3, -0.25) is 10.2 Å². The highest BCUT2D eigenvalue weighted by molar-refractivity contribution is 7.63. The third-order valence-corrected chi connectivity index (χ3v) is 12.1. The van der Waals surface area contributed by atoms with E-state index in [1.807, 2.05) is 55.4 Å².